The predicted molar refractivity (Wildman–Crippen MR) is 221 cm³/mol. The fourth-order valence-corrected chi connectivity index (χ4v) is 7.82. The summed E-state index contributed by atoms with van der Waals surface area (Å²) >= 11 is 12.7. The van der Waals surface area contributed by atoms with Crippen molar-refractivity contribution >= 4 is 68.5 Å². The number of phenols is 2. The van der Waals surface area contributed by atoms with E-state index in [0.29, 0.717) is 74.8 Å². The highest BCUT2D eigenvalue weighted by Gasteiger charge is 2.28. The van der Waals surface area contributed by atoms with E-state index in [1.807, 2.05) is 9.80 Å². The number of amides is 2. The maximum absolute atomic E-state index is 15.4. The Morgan fingerprint density at radius 3 is 1.28 bits per heavy atom. The van der Waals surface area contributed by atoms with Crippen LogP contribution in [0.4, 0.5) is 29.2 Å². The number of aromatic hydroxyl groups is 2. The lowest BCUT2D eigenvalue weighted by Gasteiger charge is -2.35. The molecule has 8 rings (SSSR count). The smallest absolute Gasteiger partial charge is 0.246 e. The molecule has 2 saturated heterocycles. The SMILES string of the molecule is C=CC(=O)N1CCN(c2ncnc3c(F)c(-c4c(O)cccc4F)c(Cl)cc23)CC1.C=CC(=O)N1CCN(c2ncnc3c(F)c(-c4c(O)cccc4F)c(Cl)cc23)CC1. The van der Waals surface area contributed by atoms with Gasteiger partial charge in [-0.2, -0.15) is 0 Å². The third kappa shape index (κ3) is 7.82. The second kappa shape index (κ2) is 17.4. The van der Waals surface area contributed by atoms with Crippen LogP contribution in [0.1, 0.15) is 0 Å². The highest BCUT2D eigenvalue weighted by molar-refractivity contribution is 6.35. The first-order valence-corrected chi connectivity index (χ1v) is 19.1. The minimum absolute atomic E-state index is 0.0355. The van der Waals surface area contributed by atoms with Crippen molar-refractivity contribution in [3.05, 3.63) is 120 Å². The Hall–Kier alpha value is -6.52. The van der Waals surface area contributed by atoms with Gasteiger partial charge in [0, 0.05) is 74.3 Å². The molecule has 0 saturated carbocycles. The maximum atomic E-state index is 15.4. The first kappa shape index (κ1) is 41.6. The summed E-state index contributed by atoms with van der Waals surface area (Å²) < 4.78 is 59.5. The number of piperazine rings is 2. The number of aromatic nitrogens is 4. The van der Waals surface area contributed by atoms with Crippen LogP contribution in [0, 0.1) is 23.3 Å². The van der Waals surface area contributed by atoms with Crippen LogP contribution in [-0.4, -0.2) is 104 Å². The number of carbonyl (C=O) groups is 2. The molecule has 2 fully saturated rings. The summed E-state index contributed by atoms with van der Waals surface area (Å²) in [5.41, 5.74) is -1.23. The quantitative estimate of drug-likeness (QED) is 0.128. The van der Waals surface area contributed by atoms with E-state index in [0.717, 1.165) is 12.1 Å². The highest BCUT2D eigenvalue weighted by atomic mass is 35.5. The van der Waals surface area contributed by atoms with E-state index < -0.39 is 34.8 Å². The normalized spacial score (nSPS) is 14.2. The lowest BCUT2D eigenvalue weighted by molar-refractivity contribution is -0.127. The number of halogens is 6. The van der Waals surface area contributed by atoms with Crippen LogP contribution in [0.5, 0.6) is 11.5 Å². The fourth-order valence-electron chi connectivity index (χ4n) is 7.25. The number of phenolic OH excluding ortho intramolecular Hbond substituents is 2. The zero-order valence-corrected chi connectivity index (χ0v) is 33.1. The summed E-state index contributed by atoms with van der Waals surface area (Å²) in [5.74, 6) is -3.49. The van der Waals surface area contributed by atoms with E-state index in [1.165, 1.54) is 61.2 Å². The van der Waals surface area contributed by atoms with Gasteiger partial charge in [-0.1, -0.05) is 48.5 Å². The van der Waals surface area contributed by atoms with Gasteiger partial charge in [-0.25, -0.2) is 37.5 Å². The molecule has 6 aromatic rings. The van der Waals surface area contributed by atoms with Crippen LogP contribution in [0.3, 0.4) is 0 Å². The molecule has 12 nitrogen and oxygen atoms in total. The number of hydrogen-bond acceptors (Lipinski definition) is 10. The minimum atomic E-state index is -0.845. The molecule has 0 aliphatic carbocycles. The molecule has 2 aromatic heterocycles. The van der Waals surface area contributed by atoms with Gasteiger partial charge in [0.15, 0.2) is 11.6 Å². The molecule has 0 atom stereocenters. The number of hydrogen-bond donors (Lipinski definition) is 2. The van der Waals surface area contributed by atoms with Crippen molar-refractivity contribution in [2.24, 2.45) is 0 Å². The summed E-state index contributed by atoms with van der Waals surface area (Å²) in [4.78, 5) is 47.3. The highest BCUT2D eigenvalue weighted by Crippen LogP contribution is 2.43. The van der Waals surface area contributed by atoms with Crippen LogP contribution in [0.25, 0.3) is 44.1 Å². The topological polar surface area (TPSA) is 139 Å². The summed E-state index contributed by atoms with van der Waals surface area (Å²) in [6, 6.07) is 10.3. The van der Waals surface area contributed by atoms with E-state index in [1.54, 1.807) is 9.80 Å². The van der Waals surface area contributed by atoms with Gasteiger partial charge >= 0.3 is 0 Å². The summed E-state index contributed by atoms with van der Waals surface area (Å²) in [6.07, 6.45) is 4.98. The second-order valence-electron chi connectivity index (χ2n) is 13.6. The zero-order chi connectivity index (χ0) is 42.8. The zero-order valence-electron chi connectivity index (χ0n) is 31.6. The molecule has 18 heteroatoms. The van der Waals surface area contributed by atoms with Crippen LogP contribution in [0.2, 0.25) is 10.0 Å². The number of anilines is 2. The number of nitrogens with zero attached hydrogens (tertiary/aromatic N) is 8. The van der Waals surface area contributed by atoms with Crippen LogP contribution in [0.15, 0.2) is 86.5 Å². The van der Waals surface area contributed by atoms with Gasteiger partial charge in [0.2, 0.25) is 11.8 Å². The minimum Gasteiger partial charge on any atom is -0.507 e. The van der Waals surface area contributed by atoms with Gasteiger partial charge in [0.05, 0.1) is 21.2 Å². The third-order valence-corrected chi connectivity index (χ3v) is 10.8. The van der Waals surface area contributed by atoms with Gasteiger partial charge in [-0.05, 0) is 48.6 Å². The first-order valence-electron chi connectivity index (χ1n) is 18.4. The molecule has 4 heterocycles. The molecular formula is C42H34Cl2F4N8O4. The van der Waals surface area contributed by atoms with E-state index >= 15 is 8.78 Å². The molecule has 4 aromatic carbocycles. The molecule has 60 heavy (non-hydrogen) atoms. The van der Waals surface area contributed by atoms with E-state index in [-0.39, 0.29) is 55.1 Å². The molecule has 2 aliphatic heterocycles. The van der Waals surface area contributed by atoms with Gasteiger partial charge in [-0.3, -0.25) is 9.59 Å². The van der Waals surface area contributed by atoms with Crippen molar-refractivity contribution < 1.29 is 37.4 Å². The van der Waals surface area contributed by atoms with Gasteiger partial charge in [0.1, 0.15) is 58.5 Å². The van der Waals surface area contributed by atoms with Gasteiger partial charge in [-0.15, -0.1) is 0 Å². The average molecular weight is 862 g/mol. The standard InChI is InChI=1S/2C21H17ClF2N4O2/c2*1-2-16(30)27-6-8-28(9-7-27)21-12-10-13(22)17(19(24)20(12)25-11-26-21)18-14(23)4-3-5-15(18)29/h2*2-5,10-11,29H,1,6-9H2. The second-order valence-corrected chi connectivity index (χ2v) is 14.4. The summed E-state index contributed by atoms with van der Waals surface area (Å²) in [6.45, 7) is 10.8. The Morgan fingerprint density at radius 1 is 0.583 bits per heavy atom. The molecular weight excluding hydrogens is 827 g/mol. The largest absolute Gasteiger partial charge is 0.507 e. The van der Waals surface area contributed by atoms with E-state index in [9.17, 15) is 28.6 Å². The molecule has 2 N–H and O–H groups in total. The number of fused-ring (bicyclic) bond motifs is 2. The fraction of sp³-hybridized carbons (Fsp3) is 0.190. The van der Waals surface area contributed by atoms with Crippen molar-refractivity contribution in [2.45, 2.75) is 0 Å². The van der Waals surface area contributed by atoms with Crippen LogP contribution < -0.4 is 9.80 Å². The van der Waals surface area contributed by atoms with Crippen molar-refractivity contribution in [3.8, 4) is 33.8 Å². The maximum Gasteiger partial charge on any atom is 0.246 e. The van der Waals surface area contributed by atoms with Crippen molar-refractivity contribution in [1.29, 1.82) is 0 Å². The Bertz CT molecular complexity index is 2470. The monoisotopic (exact) mass is 860 g/mol. The van der Waals surface area contributed by atoms with Gasteiger partial charge in [0.25, 0.3) is 0 Å². The molecule has 2 amide bonds. The van der Waals surface area contributed by atoms with Crippen molar-refractivity contribution in [3.63, 3.8) is 0 Å². The van der Waals surface area contributed by atoms with Crippen LogP contribution in [-0.2, 0) is 9.59 Å². The summed E-state index contributed by atoms with van der Waals surface area (Å²) in [7, 11) is 0. The number of benzene rings is 4. The van der Waals surface area contributed by atoms with E-state index in [4.69, 9.17) is 23.2 Å². The lowest BCUT2D eigenvalue weighted by Crippen LogP contribution is -2.48. The first-order chi connectivity index (χ1) is 28.8. The predicted octanol–water partition coefficient (Wildman–Crippen LogP) is 7.54. The van der Waals surface area contributed by atoms with Crippen LogP contribution >= 0.6 is 23.2 Å². The number of rotatable bonds is 6. The summed E-state index contributed by atoms with van der Waals surface area (Å²) in [5, 5.41) is 20.7. The average Bonchev–Trinajstić information content (AvgIpc) is 3.25. The lowest BCUT2D eigenvalue weighted by atomic mass is 10.0. The van der Waals surface area contributed by atoms with Gasteiger partial charge < -0.3 is 29.8 Å². The Kier molecular flexibility index (Phi) is 12.1. The van der Waals surface area contributed by atoms with Crippen molar-refractivity contribution in [2.75, 3.05) is 62.2 Å². The third-order valence-electron chi connectivity index (χ3n) is 10.2. The molecule has 0 radical (unpaired) electrons. The molecule has 2 aliphatic rings. The molecule has 308 valence electrons. The van der Waals surface area contributed by atoms with Crippen molar-refractivity contribution in [1.82, 2.24) is 29.7 Å². The molecule has 0 bridgehead atoms. The molecule has 0 unspecified atom stereocenters. The molecule has 0 spiro atoms. The number of carbonyl (C=O) groups excluding carboxylic acids is 2. The van der Waals surface area contributed by atoms with E-state index in [2.05, 4.69) is 33.1 Å². The Balaban J connectivity index is 0.000000181. The Morgan fingerprint density at radius 2 is 0.950 bits per heavy atom. The Labute approximate surface area is 350 Å².